The zero-order chi connectivity index (χ0) is 25.0. The number of methoxy groups -OCH3 is 1. The topological polar surface area (TPSA) is 89.5 Å². The van der Waals surface area contributed by atoms with Crippen LogP contribution in [0.5, 0.6) is 5.75 Å². The number of ether oxygens (including phenoxy) is 3. The Labute approximate surface area is 203 Å². The summed E-state index contributed by atoms with van der Waals surface area (Å²) in [5, 5.41) is 19.2. The molecule has 0 saturated heterocycles. The Hall–Kier alpha value is -3.33. The maximum absolute atomic E-state index is 13.3. The molecule has 1 atom stereocenters. The zero-order valence-electron chi connectivity index (χ0n) is 18.7. The summed E-state index contributed by atoms with van der Waals surface area (Å²) in [7, 11) is 1.57. The summed E-state index contributed by atoms with van der Waals surface area (Å²) >= 11 is 1.16. The third kappa shape index (κ3) is 5.35. The van der Waals surface area contributed by atoms with Crippen molar-refractivity contribution < 1.29 is 32.5 Å². The van der Waals surface area contributed by atoms with Crippen LogP contribution in [-0.2, 0) is 28.7 Å². The molecule has 0 radical (unpaired) electrons. The molecule has 2 aromatic heterocycles. The van der Waals surface area contributed by atoms with Gasteiger partial charge >= 0.3 is 6.18 Å². The summed E-state index contributed by atoms with van der Waals surface area (Å²) in [6.45, 7) is 0.0507. The number of alkyl halides is 3. The van der Waals surface area contributed by atoms with Crippen molar-refractivity contribution in [2.24, 2.45) is 0 Å². The van der Waals surface area contributed by atoms with Crippen molar-refractivity contribution in [3.8, 4) is 16.8 Å². The molecule has 0 spiro atoms. The van der Waals surface area contributed by atoms with Gasteiger partial charge in [0.05, 0.1) is 23.6 Å². The van der Waals surface area contributed by atoms with E-state index < -0.39 is 11.7 Å². The van der Waals surface area contributed by atoms with Gasteiger partial charge in [0.1, 0.15) is 40.7 Å². The van der Waals surface area contributed by atoms with Gasteiger partial charge in [0.25, 0.3) is 0 Å². The van der Waals surface area contributed by atoms with E-state index in [1.807, 2.05) is 4.57 Å². The molecular formula is C24H22F3N3O4S. The van der Waals surface area contributed by atoms with Gasteiger partial charge in [0.15, 0.2) is 5.75 Å². The van der Waals surface area contributed by atoms with Crippen LogP contribution in [0.2, 0.25) is 0 Å². The van der Waals surface area contributed by atoms with E-state index in [0.717, 1.165) is 23.1 Å². The third-order valence-corrected chi connectivity index (χ3v) is 6.48. The van der Waals surface area contributed by atoms with Gasteiger partial charge in [-0.05, 0) is 6.07 Å². The van der Waals surface area contributed by atoms with E-state index in [1.165, 1.54) is 18.2 Å². The zero-order valence-corrected chi connectivity index (χ0v) is 19.5. The Morgan fingerprint density at radius 2 is 2.09 bits per heavy atom. The molecule has 1 N–H and O–H groups in total. The van der Waals surface area contributed by atoms with Crippen molar-refractivity contribution in [2.45, 2.75) is 31.7 Å². The molecule has 0 amide bonds. The van der Waals surface area contributed by atoms with Crippen LogP contribution in [0.3, 0.4) is 0 Å². The summed E-state index contributed by atoms with van der Waals surface area (Å²) in [4.78, 5) is 4.68. The molecule has 35 heavy (non-hydrogen) atoms. The van der Waals surface area contributed by atoms with Crippen molar-refractivity contribution in [1.82, 2.24) is 9.55 Å². The largest absolute Gasteiger partial charge is 0.495 e. The van der Waals surface area contributed by atoms with E-state index >= 15 is 0 Å². The maximum Gasteiger partial charge on any atom is 0.416 e. The van der Waals surface area contributed by atoms with Gasteiger partial charge in [-0.25, -0.2) is 4.98 Å². The van der Waals surface area contributed by atoms with Gasteiger partial charge in [-0.3, -0.25) is 4.57 Å². The van der Waals surface area contributed by atoms with Crippen molar-refractivity contribution in [3.05, 3.63) is 69.8 Å². The van der Waals surface area contributed by atoms with Crippen LogP contribution in [0, 0.1) is 11.3 Å². The van der Waals surface area contributed by atoms with Gasteiger partial charge in [0, 0.05) is 44.3 Å². The molecule has 11 heteroatoms. The van der Waals surface area contributed by atoms with Crippen LogP contribution in [0.15, 0.2) is 42.4 Å². The molecule has 3 aromatic rings. The number of hydrogen-bond acceptors (Lipinski definition) is 7. The highest BCUT2D eigenvalue weighted by Gasteiger charge is 2.33. The second kappa shape index (κ2) is 10.5. The molecule has 0 bridgehead atoms. The van der Waals surface area contributed by atoms with Crippen LogP contribution in [0.1, 0.15) is 33.8 Å². The fraction of sp³-hybridized carbons (Fsp3) is 0.333. The molecule has 1 aliphatic rings. The lowest BCUT2D eigenvalue weighted by Gasteiger charge is -2.24. The van der Waals surface area contributed by atoms with E-state index in [-0.39, 0.29) is 35.5 Å². The molecule has 1 unspecified atom stereocenters. The highest BCUT2D eigenvalue weighted by atomic mass is 32.1. The van der Waals surface area contributed by atoms with Crippen molar-refractivity contribution in [3.63, 3.8) is 0 Å². The number of hydrogen-bond donors (Lipinski definition) is 1. The smallest absolute Gasteiger partial charge is 0.416 e. The highest BCUT2D eigenvalue weighted by molar-refractivity contribution is 7.15. The first-order valence-electron chi connectivity index (χ1n) is 10.7. The average Bonchev–Trinajstić information content (AvgIpc) is 3.45. The molecule has 0 saturated carbocycles. The van der Waals surface area contributed by atoms with Gasteiger partial charge in [0.2, 0.25) is 0 Å². The highest BCUT2D eigenvalue weighted by Crippen LogP contribution is 2.37. The van der Waals surface area contributed by atoms with Crippen molar-refractivity contribution in [1.29, 1.82) is 5.26 Å². The number of nitrogens with zero attached hydrogens (tertiary/aromatic N) is 3. The molecule has 0 aliphatic heterocycles. The number of imidazole rings is 1. The number of halogens is 3. The summed E-state index contributed by atoms with van der Waals surface area (Å²) < 4.78 is 58.7. The quantitative estimate of drug-likeness (QED) is 0.424. The fourth-order valence-electron chi connectivity index (χ4n) is 3.74. The fourth-order valence-corrected chi connectivity index (χ4v) is 4.63. The summed E-state index contributed by atoms with van der Waals surface area (Å²) in [6, 6.07) is 8.87. The van der Waals surface area contributed by atoms with E-state index in [2.05, 4.69) is 11.1 Å². The number of nitriles is 1. The Kier molecular flexibility index (Phi) is 7.45. The molecule has 4 rings (SSSR count). The van der Waals surface area contributed by atoms with Gasteiger partial charge in [-0.1, -0.05) is 18.2 Å². The van der Waals surface area contributed by atoms with Crippen LogP contribution >= 0.6 is 11.3 Å². The summed E-state index contributed by atoms with van der Waals surface area (Å²) in [6.07, 6.45) is -0.490. The predicted molar refractivity (Wildman–Crippen MR) is 122 cm³/mol. The summed E-state index contributed by atoms with van der Waals surface area (Å²) in [5.41, 5.74) is 0.738. The number of benzene rings is 1. The molecule has 1 aromatic carbocycles. The lowest BCUT2D eigenvalue weighted by molar-refractivity contribution is -0.138. The van der Waals surface area contributed by atoms with Crippen LogP contribution < -0.4 is 4.74 Å². The first-order valence-corrected chi connectivity index (χ1v) is 11.5. The van der Waals surface area contributed by atoms with E-state index in [9.17, 15) is 18.4 Å². The minimum atomic E-state index is -4.50. The molecular weight excluding hydrogens is 483 g/mol. The number of thiophene rings is 1. The Morgan fingerprint density at radius 3 is 2.80 bits per heavy atom. The summed E-state index contributed by atoms with van der Waals surface area (Å²) in [5.74, 6) is 0.824. The monoisotopic (exact) mass is 505 g/mol. The second-order valence-electron chi connectivity index (χ2n) is 7.68. The van der Waals surface area contributed by atoms with Crippen molar-refractivity contribution >= 4 is 17.4 Å². The first-order chi connectivity index (χ1) is 16.9. The van der Waals surface area contributed by atoms with E-state index in [4.69, 9.17) is 19.3 Å². The number of aliphatic hydroxyl groups excluding tert-OH is 1. The number of fused-ring (bicyclic) bond motifs is 1. The average molecular weight is 506 g/mol. The third-order valence-electron chi connectivity index (χ3n) is 5.46. The van der Waals surface area contributed by atoms with Crippen molar-refractivity contribution in [2.75, 3.05) is 20.3 Å². The molecule has 1 aliphatic carbocycles. The van der Waals surface area contributed by atoms with Crippen LogP contribution in [-0.4, -0.2) is 41.1 Å². The standard InChI is InChI=1S/C24H22F3N3O4S/c1-32-19-10-18-17(9-20(19)33-8-4-7-31)29-14-30(18)23-11-21(22(12-28)35-23)34-13-15-5-2-3-6-16(15)24(25,26)27/h2-3,5-6,9,11,14,19,31H,4,7-8,10,13H2,1H3. The SMILES string of the molecule is COC1Cc2c(ncn2-c2cc(OCc3ccccc3C(F)(F)F)c(C#N)s2)C=C1OCCCO. The lowest BCUT2D eigenvalue weighted by atomic mass is 10.0. The normalized spacial score (nSPS) is 15.3. The molecule has 7 nitrogen and oxygen atoms in total. The van der Waals surface area contributed by atoms with Gasteiger partial charge in [-0.2, -0.15) is 18.4 Å². The minimum Gasteiger partial charge on any atom is -0.495 e. The molecule has 184 valence electrons. The van der Waals surface area contributed by atoms with Gasteiger partial charge in [-0.15, -0.1) is 11.3 Å². The molecule has 2 heterocycles. The maximum atomic E-state index is 13.3. The van der Waals surface area contributed by atoms with E-state index in [0.29, 0.717) is 35.9 Å². The van der Waals surface area contributed by atoms with Crippen LogP contribution in [0.4, 0.5) is 13.2 Å². The lowest BCUT2D eigenvalue weighted by Crippen LogP contribution is -2.24. The number of rotatable bonds is 9. The first kappa shape index (κ1) is 24.8. The Morgan fingerprint density at radius 1 is 1.29 bits per heavy atom. The predicted octanol–water partition coefficient (Wildman–Crippen LogP) is 4.71. The Balaban J connectivity index is 1.58. The minimum absolute atomic E-state index is 0.0153. The van der Waals surface area contributed by atoms with E-state index in [1.54, 1.807) is 25.6 Å². The number of aliphatic hydroxyl groups is 1. The molecule has 0 fully saturated rings. The van der Waals surface area contributed by atoms with Gasteiger partial charge < -0.3 is 19.3 Å². The second-order valence-corrected chi connectivity index (χ2v) is 8.71. The Bertz CT molecular complexity index is 1260. The number of aromatic nitrogens is 2. The van der Waals surface area contributed by atoms with Crippen LogP contribution in [0.25, 0.3) is 11.1 Å².